The highest BCUT2D eigenvalue weighted by atomic mass is 19.1. The second kappa shape index (κ2) is 8.61. The van der Waals surface area contributed by atoms with Crippen molar-refractivity contribution in [2.24, 2.45) is 5.73 Å². The molecule has 1 unspecified atom stereocenters. The Morgan fingerprint density at radius 1 is 1.53 bits per heavy atom. The number of nitrogens with two attached hydrogens (primary N) is 1. The summed E-state index contributed by atoms with van der Waals surface area (Å²) in [5.41, 5.74) is 6.59. The maximum atomic E-state index is 12.9. The van der Waals surface area contributed by atoms with Gasteiger partial charge in [0.05, 0.1) is 6.04 Å². The Morgan fingerprint density at radius 3 is 3.00 bits per heavy atom. The first-order valence-corrected chi connectivity index (χ1v) is 6.40. The van der Waals surface area contributed by atoms with Crippen molar-refractivity contribution in [1.29, 1.82) is 0 Å². The molecule has 19 heavy (non-hydrogen) atoms. The third kappa shape index (κ3) is 6.31. The van der Waals surface area contributed by atoms with Gasteiger partial charge in [-0.2, -0.15) is 0 Å². The van der Waals surface area contributed by atoms with E-state index in [2.05, 4.69) is 5.32 Å². The van der Waals surface area contributed by atoms with Gasteiger partial charge in [-0.15, -0.1) is 0 Å². The Bertz CT molecular complexity index is 399. The highest BCUT2D eigenvalue weighted by Crippen LogP contribution is 2.03. The summed E-state index contributed by atoms with van der Waals surface area (Å²) in [6, 6.07) is 5.83. The number of hydrogen-bond donors (Lipinski definition) is 2. The third-order valence-corrected chi connectivity index (χ3v) is 2.80. The van der Waals surface area contributed by atoms with Crippen LogP contribution in [-0.4, -0.2) is 32.2 Å². The molecule has 0 spiro atoms. The van der Waals surface area contributed by atoms with Crippen LogP contribution in [0, 0.1) is 5.82 Å². The van der Waals surface area contributed by atoms with Crippen LogP contribution in [0.25, 0.3) is 0 Å². The molecule has 0 aliphatic carbocycles. The molecule has 5 heteroatoms. The molecule has 0 saturated carbocycles. The molecule has 106 valence electrons. The normalized spacial score (nSPS) is 12.2. The summed E-state index contributed by atoms with van der Waals surface area (Å²) < 4.78 is 17.8. The maximum absolute atomic E-state index is 12.9. The Balaban J connectivity index is 2.23. The van der Waals surface area contributed by atoms with Crippen molar-refractivity contribution in [2.75, 3.05) is 20.3 Å². The molecule has 0 aromatic heterocycles. The number of halogens is 1. The van der Waals surface area contributed by atoms with Crippen molar-refractivity contribution in [3.63, 3.8) is 0 Å². The van der Waals surface area contributed by atoms with Crippen LogP contribution in [-0.2, 0) is 16.0 Å². The van der Waals surface area contributed by atoms with Crippen molar-refractivity contribution in [1.82, 2.24) is 5.32 Å². The summed E-state index contributed by atoms with van der Waals surface area (Å²) in [7, 11) is 1.62. The summed E-state index contributed by atoms with van der Waals surface area (Å²) in [4.78, 5) is 11.6. The number of methoxy groups -OCH3 is 1. The molecule has 0 saturated heterocycles. The standard InChI is InChI=1S/C14H21FN2O2/c1-19-9-3-6-13(16)14(18)17-8-7-11-4-2-5-12(15)10-11/h2,4-5,10,13H,3,6-9,16H2,1H3,(H,17,18). The highest BCUT2D eigenvalue weighted by Gasteiger charge is 2.11. The van der Waals surface area contributed by atoms with Gasteiger partial charge in [0.15, 0.2) is 0 Å². The van der Waals surface area contributed by atoms with E-state index in [-0.39, 0.29) is 11.7 Å². The molecule has 1 aromatic carbocycles. The molecule has 4 nitrogen and oxygen atoms in total. The van der Waals surface area contributed by atoms with E-state index in [4.69, 9.17) is 10.5 Å². The summed E-state index contributed by atoms with van der Waals surface area (Å²) in [6.07, 6.45) is 1.95. The van der Waals surface area contributed by atoms with Crippen molar-refractivity contribution in [3.8, 4) is 0 Å². The lowest BCUT2D eigenvalue weighted by atomic mass is 10.1. The van der Waals surface area contributed by atoms with Crippen LogP contribution < -0.4 is 11.1 Å². The lowest BCUT2D eigenvalue weighted by molar-refractivity contribution is -0.122. The van der Waals surface area contributed by atoms with Gasteiger partial charge in [0.25, 0.3) is 0 Å². The first-order chi connectivity index (χ1) is 9.13. The molecule has 1 atom stereocenters. The van der Waals surface area contributed by atoms with Crippen LogP contribution in [0.1, 0.15) is 18.4 Å². The molecule has 3 N–H and O–H groups in total. The van der Waals surface area contributed by atoms with E-state index in [1.165, 1.54) is 12.1 Å². The molecule has 0 fully saturated rings. The average molecular weight is 268 g/mol. The van der Waals surface area contributed by atoms with Gasteiger partial charge in [0, 0.05) is 20.3 Å². The minimum absolute atomic E-state index is 0.174. The van der Waals surface area contributed by atoms with Gasteiger partial charge in [0.1, 0.15) is 5.82 Å². The summed E-state index contributed by atoms with van der Waals surface area (Å²) in [5, 5.41) is 2.75. The van der Waals surface area contributed by atoms with E-state index in [0.29, 0.717) is 26.0 Å². The van der Waals surface area contributed by atoms with Gasteiger partial charge in [-0.3, -0.25) is 4.79 Å². The number of ether oxygens (including phenoxy) is 1. The monoisotopic (exact) mass is 268 g/mol. The van der Waals surface area contributed by atoms with Crippen LogP contribution in [0.3, 0.4) is 0 Å². The Kier molecular flexibility index (Phi) is 7.07. The number of nitrogens with one attached hydrogen (secondary N) is 1. The molecule has 0 radical (unpaired) electrons. The predicted molar refractivity (Wildman–Crippen MR) is 72.2 cm³/mol. The molecule has 0 aliphatic heterocycles. The van der Waals surface area contributed by atoms with Crippen molar-refractivity contribution in [2.45, 2.75) is 25.3 Å². The lowest BCUT2D eigenvalue weighted by Crippen LogP contribution is -2.41. The van der Waals surface area contributed by atoms with Crippen molar-refractivity contribution >= 4 is 5.91 Å². The van der Waals surface area contributed by atoms with E-state index >= 15 is 0 Å². The minimum Gasteiger partial charge on any atom is -0.385 e. The van der Waals surface area contributed by atoms with E-state index < -0.39 is 6.04 Å². The Labute approximate surface area is 113 Å². The molecular weight excluding hydrogens is 247 g/mol. The summed E-state index contributed by atoms with van der Waals surface area (Å²) >= 11 is 0. The first kappa shape index (κ1) is 15.6. The van der Waals surface area contributed by atoms with Crippen LogP contribution in [0.15, 0.2) is 24.3 Å². The van der Waals surface area contributed by atoms with E-state index in [9.17, 15) is 9.18 Å². The fourth-order valence-electron chi connectivity index (χ4n) is 1.73. The van der Waals surface area contributed by atoms with E-state index in [0.717, 1.165) is 12.0 Å². The summed E-state index contributed by atoms with van der Waals surface area (Å²) in [5.74, 6) is -0.437. The van der Waals surface area contributed by atoms with Gasteiger partial charge in [0.2, 0.25) is 5.91 Å². The number of amides is 1. The van der Waals surface area contributed by atoms with Crippen molar-refractivity contribution < 1.29 is 13.9 Å². The molecule has 0 heterocycles. The van der Waals surface area contributed by atoms with Crippen LogP contribution in [0.4, 0.5) is 4.39 Å². The molecule has 1 amide bonds. The Morgan fingerprint density at radius 2 is 2.32 bits per heavy atom. The van der Waals surface area contributed by atoms with Gasteiger partial charge in [-0.1, -0.05) is 12.1 Å². The molecular formula is C14H21FN2O2. The third-order valence-electron chi connectivity index (χ3n) is 2.80. The summed E-state index contributed by atoms with van der Waals surface area (Å²) in [6.45, 7) is 1.06. The van der Waals surface area contributed by atoms with Gasteiger partial charge in [-0.25, -0.2) is 4.39 Å². The van der Waals surface area contributed by atoms with E-state index in [1.807, 2.05) is 6.07 Å². The largest absolute Gasteiger partial charge is 0.385 e. The average Bonchev–Trinajstić information content (AvgIpc) is 2.39. The molecule has 1 rings (SSSR count). The lowest BCUT2D eigenvalue weighted by Gasteiger charge is -2.12. The number of carbonyl (C=O) groups is 1. The maximum Gasteiger partial charge on any atom is 0.236 e. The zero-order valence-corrected chi connectivity index (χ0v) is 11.2. The SMILES string of the molecule is COCCCC(N)C(=O)NCCc1cccc(F)c1. The number of rotatable bonds is 8. The van der Waals surface area contributed by atoms with Crippen molar-refractivity contribution in [3.05, 3.63) is 35.6 Å². The quantitative estimate of drug-likeness (QED) is 0.697. The number of hydrogen-bond acceptors (Lipinski definition) is 3. The zero-order chi connectivity index (χ0) is 14.1. The fraction of sp³-hybridized carbons (Fsp3) is 0.500. The van der Waals surface area contributed by atoms with Crippen LogP contribution in [0.5, 0.6) is 0 Å². The smallest absolute Gasteiger partial charge is 0.236 e. The molecule has 1 aromatic rings. The van der Waals surface area contributed by atoms with Crippen LogP contribution in [0.2, 0.25) is 0 Å². The number of carbonyl (C=O) groups excluding carboxylic acids is 1. The van der Waals surface area contributed by atoms with Gasteiger partial charge in [-0.05, 0) is 37.0 Å². The topological polar surface area (TPSA) is 64.3 Å². The van der Waals surface area contributed by atoms with Gasteiger partial charge < -0.3 is 15.8 Å². The Hall–Kier alpha value is -1.46. The molecule has 0 aliphatic rings. The fourth-order valence-corrected chi connectivity index (χ4v) is 1.73. The predicted octanol–water partition coefficient (Wildman–Crippen LogP) is 1.24. The minimum atomic E-state index is -0.511. The van der Waals surface area contributed by atoms with Gasteiger partial charge >= 0.3 is 0 Å². The van der Waals surface area contributed by atoms with Crippen LogP contribution >= 0.6 is 0 Å². The second-order valence-corrected chi connectivity index (χ2v) is 4.41. The zero-order valence-electron chi connectivity index (χ0n) is 11.2. The second-order valence-electron chi connectivity index (χ2n) is 4.41. The first-order valence-electron chi connectivity index (χ1n) is 6.40. The highest BCUT2D eigenvalue weighted by molar-refractivity contribution is 5.81. The van der Waals surface area contributed by atoms with E-state index in [1.54, 1.807) is 13.2 Å². The number of benzene rings is 1. The molecule has 0 bridgehead atoms.